The van der Waals surface area contributed by atoms with E-state index in [1.165, 1.54) is 49.8 Å². The minimum absolute atomic E-state index is 0.00287. The van der Waals surface area contributed by atoms with Crippen molar-refractivity contribution in [3.8, 4) is 23.0 Å². The summed E-state index contributed by atoms with van der Waals surface area (Å²) in [5, 5.41) is 7.76. The first-order chi connectivity index (χ1) is 18.3. The van der Waals surface area contributed by atoms with E-state index in [4.69, 9.17) is 18.9 Å². The van der Waals surface area contributed by atoms with E-state index in [1.807, 2.05) is 23.6 Å². The Morgan fingerprint density at radius 2 is 1.71 bits per heavy atom. The van der Waals surface area contributed by atoms with Gasteiger partial charge in [-0.25, -0.2) is 9.80 Å². The van der Waals surface area contributed by atoms with Crippen molar-refractivity contribution in [1.29, 1.82) is 0 Å². The van der Waals surface area contributed by atoms with Crippen LogP contribution in [0.25, 0.3) is 0 Å². The molecule has 0 radical (unpaired) electrons. The summed E-state index contributed by atoms with van der Waals surface area (Å²) >= 11 is 1.50. The Morgan fingerprint density at radius 1 is 1.00 bits per heavy atom. The van der Waals surface area contributed by atoms with Gasteiger partial charge in [-0.3, -0.25) is 4.79 Å². The van der Waals surface area contributed by atoms with Crippen molar-refractivity contribution in [1.82, 2.24) is 5.01 Å². The number of hydrogen-bond acceptors (Lipinski definition) is 9. The average Bonchev–Trinajstić information content (AvgIpc) is 3.61. The predicted octanol–water partition coefficient (Wildman–Crippen LogP) is 4.91. The van der Waals surface area contributed by atoms with Gasteiger partial charge in [0.15, 0.2) is 29.6 Å². The van der Waals surface area contributed by atoms with Gasteiger partial charge in [-0.05, 0) is 47.3 Å². The number of alkyl halides is 2. The lowest BCUT2D eigenvalue weighted by atomic mass is 10.0. The van der Waals surface area contributed by atoms with E-state index in [1.54, 1.807) is 12.1 Å². The normalized spacial score (nSPS) is 14.7. The quantitative estimate of drug-likeness (QED) is 0.334. The van der Waals surface area contributed by atoms with Gasteiger partial charge in [0.25, 0.3) is 5.91 Å². The van der Waals surface area contributed by atoms with Gasteiger partial charge in [0.2, 0.25) is 0 Å². The van der Waals surface area contributed by atoms with E-state index in [2.05, 4.69) is 9.84 Å². The summed E-state index contributed by atoms with van der Waals surface area (Å²) in [5.74, 6) is -0.661. The van der Waals surface area contributed by atoms with Crippen LogP contribution in [0.4, 0.5) is 8.78 Å². The van der Waals surface area contributed by atoms with E-state index in [-0.39, 0.29) is 17.1 Å². The first kappa shape index (κ1) is 26.9. The molecule has 0 aliphatic carbocycles. The summed E-state index contributed by atoms with van der Waals surface area (Å²) in [7, 11) is 4.30. The molecule has 0 bridgehead atoms. The molecule has 9 nitrogen and oxygen atoms in total. The van der Waals surface area contributed by atoms with Crippen molar-refractivity contribution in [2.45, 2.75) is 19.1 Å². The highest BCUT2D eigenvalue weighted by atomic mass is 32.1. The minimum atomic E-state index is -3.06. The fourth-order valence-electron chi connectivity index (χ4n) is 3.92. The fraction of sp³-hybridized carbons (Fsp3) is 0.269. The number of hydrogen-bond donors (Lipinski definition) is 0. The molecule has 2 heterocycles. The molecular weight excluding hydrogens is 522 g/mol. The number of carbonyl (C=O) groups is 2. The zero-order chi connectivity index (χ0) is 27.2. The van der Waals surface area contributed by atoms with Gasteiger partial charge < -0.3 is 23.7 Å². The number of hydrazone groups is 1. The molecule has 0 N–H and O–H groups in total. The van der Waals surface area contributed by atoms with Crippen molar-refractivity contribution >= 4 is 28.9 Å². The van der Waals surface area contributed by atoms with Crippen LogP contribution >= 0.6 is 11.3 Å². The molecule has 0 unspecified atom stereocenters. The Balaban J connectivity index is 1.53. The summed E-state index contributed by atoms with van der Waals surface area (Å²) < 4.78 is 50.5. The molecule has 12 heteroatoms. The molecule has 38 heavy (non-hydrogen) atoms. The second-order valence-corrected chi connectivity index (χ2v) is 8.86. The Labute approximate surface area is 221 Å². The maximum Gasteiger partial charge on any atom is 0.387 e. The Hall–Kier alpha value is -4.19. The van der Waals surface area contributed by atoms with Crippen molar-refractivity contribution in [3.05, 3.63) is 69.9 Å². The third kappa shape index (κ3) is 5.86. The summed E-state index contributed by atoms with van der Waals surface area (Å²) in [6, 6.07) is 12.3. The van der Waals surface area contributed by atoms with E-state index in [0.717, 1.165) is 22.2 Å². The zero-order valence-corrected chi connectivity index (χ0v) is 21.5. The molecule has 4 rings (SSSR count). The molecule has 1 atom stereocenters. The highest BCUT2D eigenvalue weighted by molar-refractivity contribution is 7.12. The third-order valence-electron chi connectivity index (χ3n) is 5.71. The van der Waals surface area contributed by atoms with Crippen LogP contribution < -0.4 is 18.9 Å². The maximum absolute atomic E-state index is 13.2. The van der Waals surface area contributed by atoms with E-state index in [0.29, 0.717) is 17.9 Å². The zero-order valence-electron chi connectivity index (χ0n) is 20.7. The van der Waals surface area contributed by atoms with Crippen molar-refractivity contribution < 1.29 is 42.1 Å². The summed E-state index contributed by atoms with van der Waals surface area (Å²) in [5.41, 5.74) is 1.48. The highest BCUT2D eigenvalue weighted by Gasteiger charge is 2.34. The summed E-state index contributed by atoms with van der Waals surface area (Å²) in [6.07, 6.45) is 0.443. The molecular formula is C26H24F2N2O7S. The molecule has 0 fully saturated rings. The Bertz CT molecular complexity index is 1330. The number of halogens is 2. The maximum atomic E-state index is 13.2. The SMILES string of the molecule is COc1ccc([C@H]2CC(c3cccs3)=NN2C(=O)COC(=O)c2ccc(OC(F)F)c(OC)c2)cc1OC. The summed E-state index contributed by atoms with van der Waals surface area (Å²) in [4.78, 5) is 26.8. The number of amides is 1. The van der Waals surface area contributed by atoms with Crippen LogP contribution in [0.5, 0.6) is 23.0 Å². The molecule has 1 amide bonds. The molecule has 0 saturated heterocycles. The van der Waals surface area contributed by atoms with Crippen LogP contribution in [-0.4, -0.2) is 57.1 Å². The number of thiophene rings is 1. The van der Waals surface area contributed by atoms with Gasteiger partial charge in [0.05, 0.1) is 43.5 Å². The van der Waals surface area contributed by atoms with Crippen molar-refractivity contribution in [3.63, 3.8) is 0 Å². The fourth-order valence-corrected chi connectivity index (χ4v) is 4.64. The lowest BCUT2D eigenvalue weighted by Crippen LogP contribution is -2.31. The topological polar surface area (TPSA) is 95.9 Å². The largest absolute Gasteiger partial charge is 0.493 e. The first-order valence-corrected chi connectivity index (χ1v) is 12.2. The third-order valence-corrected chi connectivity index (χ3v) is 6.62. The van der Waals surface area contributed by atoms with Gasteiger partial charge in [-0.1, -0.05) is 12.1 Å². The molecule has 1 aromatic heterocycles. The smallest absolute Gasteiger partial charge is 0.387 e. The van der Waals surface area contributed by atoms with E-state index < -0.39 is 31.1 Å². The van der Waals surface area contributed by atoms with Crippen molar-refractivity contribution in [2.75, 3.05) is 27.9 Å². The van der Waals surface area contributed by atoms with Gasteiger partial charge in [-0.15, -0.1) is 11.3 Å². The van der Waals surface area contributed by atoms with Crippen LogP contribution in [0.1, 0.15) is 33.3 Å². The highest BCUT2D eigenvalue weighted by Crippen LogP contribution is 2.38. The van der Waals surface area contributed by atoms with Crippen molar-refractivity contribution in [2.24, 2.45) is 5.10 Å². The predicted molar refractivity (Wildman–Crippen MR) is 135 cm³/mol. The molecule has 0 spiro atoms. The minimum Gasteiger partial charge on any atom is -0.493 e. The summed E-state index contributed by atoms with van der Waals surface area (Å²) in [6.45, 7) is -3.65. The van der Waals surface area contributed by atoms with Crippen LogP contribution in [0.3, 0.4) is 0 Å². The standard InChI is InChI=1S/C26H24F2N2O7S/c1-33-19-8-6-15(11-21(19)34-2)18-13-17(23-5-4-10-38-23)29-30(18)24(31)14-36-25(32)16-7-9-20(37-26(27)28)22(12-16)35-3/h4-12,18,26H,13-14H2,1-3H3/t18-/m1/s1. The number of rotatable bonds is 10. The second kappa shape index (κ2) is 11.9. The van der Waals surface area contributed by atoms with Gasteiger partial charge in [0.1, 0.15) is 0 Å². The number of nitrogens with zero attached hydrogens (tertiary/aromatic N) is 2. The Kier molecular flexibility index (Phi) is 8.41. The van der Waals surface area contributed by atoms with Crippen LogP contribution in [0.15, 0.2) is 59.0 Å². The number of methoxy groups -OCH3 is 3. The number of carbonyl (C=O) groups excluding carboxylic acids is 2. The second-order valence-electron chi connectivity index (χ2n) is 7.92. The number of benzene rings is 2. The number of esters is 1. The van der Waals surface area contributed by atoms with Crippen LogP contribution in [-0.2, 0) is 9.53 Å². The molecule has 0 saturated carbocycles. The first-order valence-electron chi connectivity index (χ1n) is 11.3. The molecule has 200 valence electrons. The molecule has 2 aromatic carbocycles. The molecule has 1 aliphatic rings. The lowest BCUT2D eigenvalue weighted by molar-refractivity contribution is -0.136. The number of ether oxygens (including phenoxy) is 5. The monoisotopic (exact) mass is 546 g/mol. The van der Waals surface area contributed by atoms with E-state index in [9.17, 15) is 18.4 Å². The van der Waals surface area contributed by atoms with Gasteiger partial charge in [0, 0.05) is 6.42 Å². The van der Waals surface area contributed by atoms with Crippen LogP contribution in [0.2, 0.25) is 0 Å². The van der Waals surface area contributed by atoms with Gasteiger partial charge >= 0.3 is 12.6 Å². The Morgan fingerprint density at radius 3 is 2.37 bits per heavy atom. The van der Waals surface area contributed by atoms with Gasteiger partial charge in [-0.2, -0.15) is 13.9 Å². The van der Waals surface area contributed by atoms with Crippen LogP contribution in [0, 0.1) is 0 Å². The van der Waals surface area contributed by atoms with E-state index >= 15 is 0 Å². The average molecular weight is 547 g/mol. The lowest BCUT2D eigenvalue weighted by Gasteiger charge is -2.23. The molecule has 3 aromatic rings. The molecule has 1 aliphatic heterocycles.